The maximum absolute atomic E-state index is 4.92. The molecule has 2 aromatic rings. The zero-order valence-electron chi connectivity index (χ0n) is 17.9. The second-order valence-electron chi connectivity index (χ2n) is 7.83. The smallest absolute Gasteiger partial charge is 0.142 e. The average Bonchev–Trinajstić information content (AvgIpc) is 2.61. The highest BCUT2D eigenvalue weighted by Crippen LogP contribution is 2.39. The van der Waals surface area contributed by atoms with Gasteiger partial charge in [0.2, 0.25) is 0 Å². The molecule has 0 spiro atoms. The minimum Gasteiger partial charge on any atom is -0.356 e. The first-order valence-corrected chi connectivity index (χ1v) is 10.4. The van der Waals surface area contributed by atoms with Crippen LogP contribution in [0.2, 0.25) is 0 Å². The fourth-order valence-corrected chi connectivity index (χ4v) is 4.37. The largest absolute Gasteiger partial charge is 0.356 e. The Morgan fingerprint density at radius 2 is 1.74 bits per heavy atom. The maximum Gasteiger partial charge on any atom is 0.142 e. The van der Waals surface area contributed by atoms with Crippen molar-refractivity contribution in [2.75, 3.05) is 29.4 Å². The molecule has 0 N–H and O–H groups in total. The second kappa shape index (κ2) is 8.28. The summed E-state index contributed by atoms with van der Waals surface area (Å²) in [7, 11) is 0. The molecule has 0 saturated heterocycles. The van der Waals surface area contributed by atoms with E-state index in [9.17, 15) is 0 Å². The lowest BCUT2D eigenvalue weighted by atomic mass is 9.99. The van der Waals surface area contributed by atoms with Gasteiger partial charge < -0.3 is 9.80 Å². The monoisotopic (exact) mass is 366 g/mol. The molecule has 0 amide bonds. The van der Waals surface area contributed by atoms with Gasteiger partial charge in [0.25, 0.3) is 0 Å². The Labute approximate surface area is 164 Å². The first-order chi connectivity index (χ1) is 13.0. The molecule has 4 nitrogen and oxygen atoms in total. The van der Waals surface area contributed by atoms with Gasteiger partial charge in [-0.05, 0) is 65.0 Å². The van der Waals surface area contributed by atoms with Crippen molar-refractivity contribution in [1.82, 2.24) is 9.97 Å². The van der Waals surface area contributed by atoms with Gasteiger partial charge in [0.15, 0.2) is 0 Å². The highest BCUT2D eigenvalue weighted by Gasteiger charge is 2.27. The molecule has 146 valence electrons. The van der Waals surface area contributed by atoms with Gasteiger partial charge in [-0.1, -0.05) is 31.0 Å². The van der Waals surface area contributed by atoms with Gasteiger partial charge in [-0.25, -0.2) is 9.97 Å². The number of hydrogen-bond acceptors (Lipinski definition) is 4. The van der Waals surface area contributed by atoms with Crippen molar-refractivity contribution in [2.24, 2.45) is 0 Å². The van der Waals surface area contributed by atoms with Gasteiger partial charge in [-0.2, -0.15) is 0 Å². The lowest BCUT2D eigenvalue weighted by Crippen LogP contribution is -2.32. The standard InChI is InChI=1S/C23H34N4/c1-7-9-12-26(8-2)22-20-11-10-13-27(23(20)25-19(6)24-22)21-17(4)14-16(3)15-18(21)5/h14-15H,7-13H2,1-6H3. The van der Waals surface area contributed by atoms with Gasteiger partial charge in [0.05, 0.1) is 0 Å². The number of benzene rings is 1. The van der Waals surface area contributed by atoms with Crippen LogP contribution in [0.3, 0.4) is 0 Å². The normalized spacial score (nSPS) is 13.6. The van der Waals surface area contributed by atoms with Crippen LogP contribution in [0, 0.1) is 27.7 Å². The predicted molar refractivity (Wildman–Crippen MR) is 116 cm³/mol. The molecule has 2 heterocycles. The number of aromatic nitrogens is 2. The van der Waals surface area contributed by atoms with Crippen LogP contribution in [-0.4, -0.2) is 29.6 Å². The molecule has 1 aromatic heterocycles. The fraction of sp³-hybridized carbons (Fsp3) is 0.565. The Morgan fingerprint density at radius 3 is 2.37 bits per heavy atom. The molecule has 0 saturated carbocycles. The number of rotatable bonds is 6. The van der Waals surface area contributed by atoms with Crippen molar-refractivity contribution in [2.45, 2.75) is 67.2 Å². The molecule has 1 aliphatic rings. The van der Waals surface area contributed by atoms with Gasteiger partial charge in [-0.15, -0.1) is 0 Å². The van der Waals surface area contributed by atoms with E-state index in [0.29, 0.717) is 0 Å². The van der Waals surface area contributed by atoms with Crippen LogP contribution >= 0.6 is 0 Å². The van der Waals surface area contributed by atoms with Crippen molar-refractivity contribution >= 4 is 17.3 Å². The molecule has 1 aromatic carbocycles. The zero-order chi connectivity index (χ0) is 19.6. The van der Waals surface area contributed by atoms with Crippen molar-refractivity contribution in [3.8, 4) is 0 Å². The third-order valence-electron chi connectivity index (χ3n) is 5.51. The minimum atomic E-state index is 0.869. The summed E-state index contributed by atoms with van der Waals surface area (Å²) >= 11 is 0. The molecule has 0 bridgehead atoms. The third-order valence-corrected chi connectivity index (χ3v) is 5.51. The number of nitrogens with zero attached hydrogens (tertiary/aromatic N) is 4. The summed E-state index contributed by atoms with van der Waals surface area (Å²) in [6, 6.07) is 4.57. The molecular formula is C23H34N4. The number of anilines is 3. The number of hydrogen-bond donors (Lipinski definition) is 0. The van der Waals surface area contributed by atoms with Crippen LogP contribution < -0.4 is 9.80 Å². The van der Waals surface area contributed by atoms with E-state index < -0.39 is 0 Å². The van der Waals surface area contributed by atoms with E-state index in [-0.39, 0.29) is 0 Å². The number of unbranched alkanes of at least 4 members (excludes halogenated alkanes) is 1. The molecule has 4 heteroatoms. The molecule has 3 rings (SSSR count). The highest BCUT2D eigenvalue weighted by atomic mass is 15.3. The molecule has 0 fully saturated rings. The van der Waals surface area contributed by atoms with E-state index in [1.54, 1.807) is 0 Å². The summed E-state index contributed by atoms with van der Waals surface area (Å²) in [5, 5.41) is 0. The van der Waals surface area contributed by atoms with Crippen molar-refractivity contribution in [3.05, 3.63) is 40.2 Å². The van der Waals surface area contributed by atoms with E-state index in [1.807, 2.05) is 6.92 Å². The summed E-state index contributed by atoms with van der Waals surface area (Å²) in [6.45, 7) is 16.2. The SMILES string of the molecule is CCCCN(CC)c1nc(C)nc2c1CCCN2c1c(C)cc(C)cc1C. The van der Waals surface area contributed by atoms with Crippen LogP contribution in [0.4, 0.5) is 17.3 Å². The molecule has 1 aliphatic heterocycles. The van der Waals surface area contributed by atoms with Gasteiger partial charge >= 0.3 is 0 Å². The summed E-state index contributed by atoms with van der Waals surface area (Å²) < 4.78 is 0. The van der Waals surface area contributed by atoms with Crippen LogP contribution in [0.25, 0.3) is 0 Å². The molecule has 0 atom stereocenters. The molecule has 0 radical (unpaired) electrons. The molecule has 27 heavy (non-hydrogen) atoms. The van der Waals surface area contributed by atoms with Gasteiger partial charge in [0.1, 0.15) is 17.5 Å². The molecule has 0 aliphatic carbocycles. The summed E-state index contributed by atoms with van der Waals surface area (Å²) in [5.41, 5.74) is 6.63. The van der Waals surface area contributed by atoms with Crippen molar-refractivity contribution < 1.29 is 0 Å². The summed E-state index contributed by atoms with van der Waals surface area (Å²) in [5.74, 6) is 3.14. The van der Waals surface area contributed by atoms with Crippen LogP contribution in [0.1, 0.15) is 61.2 Å². The minimum absolute atomic E-state index is 0.869. The quantitative estimate of drug-likeness (QED) is 0.683. The zero-order valence-corrected chi connectivity index (χ0v) is 17.9. The third kappa shape index (κ3) is 3.95. The lowest BCUT2D eigenvalue weighted by Gasteiger charge is -2.35. The topological polar surface area (TPSA) is 32.3 Å². The van der Waals surface area contributed by atoms with E-state index >= 15 is 0 Å². The second-order valence-corrected chi connectivity index (χ2v) is 7.83. The predicted octanol–water partition coefficient (Wildman–Crippen LogP) is 5.42. The first-order valence-electron chi connectivity index (χ1n) is 10.4. The van der Waals surface area contributed by atoms with E-state index in [4.69, 9.17) is 9.97 Å². The van der Waals surface area contributed by atoms with E-state index in [2.05, 4.69) is 56.6 Å². The summed E-state index contributed by atoms with van der Waals surface area (Å²) in [6.07, 6.45) is 4.61. The number of fused-ring (bicyclic) bond motifs is 1. The number of aryl methyl sites for hydroxylation is 4. The Balaban J connectivity index is 2.11. The van der Waals surface area contributed by atoms with Crippen LogP contribution in [-0.2, 0) is 6.42 Å². The summed E-state index contributed by atoms with van der Waals surface area (Å²) in [4.78, 5) is 14.7. The fourth-order valence-electron chi connectivity index (χ4n) is 4.37. The van der Waals surface area contributed by atoms with Gasteiger partial charge in [0, 0.05) is 30.9 Å². The van der Waals surface area contributed by atoms with Crippen LogP contribution in [0.5, 0.6) is 0 Å². The Hall–Kier alpha value is -2.10. The Bertz CT molecular complexity index is 789. The average molecular weight is 367 g/mol. The molecule has 0 unspecified atom stereocenters. The maximum atomic E-state index is 4.92. The van der Waals surface area contributed by atoms with E-state index in [0.717, 1.165) is 49.9 Å². The van der Waals surface area contributed by atoms with Gasteiger partial charge in [-0.3, -0.25) is 0 Å². The first kappa shape index (κ1) is 19.7. The Morgan fingerprint density at radius 1 is 1.04 bits per heavy atom. The molecular weight excluding hydrogens is 332 g/mol. The highest BCUT2D eigenvalue weighted by molar-refractivity contribution is 5.74. The van der Waals surface area contributed by atoms with Crippen molar-refractivity contribution in [1.29, 1.82) is 0 Å². The van der Waals surface area contributed by atoms with E-state index in [1.165, 1.54) is 40.8 Å². The lowest BCUT2D eigenvalue weighted by molar-refractivity contribution is 0.694. The Kier molecular flexibility index (Phi) is 6.03. The van der Waals surface area contributed by atoms with Crippen LogP contribution in [0.15, 0.2) is 12.1 Å². The van der Waals surface area contributed by atoms with Crippen molar-refractivity contribution in [3.63, 3.8) is 0 Å².